The normalized spacial score (nSPS) is 20.1. The van der Waals surface area contributed by atoms with Gasteiger partial charge in [-0.25, -0.2) is 0 Å². The van der Waals surface area contributed by atoms with Gasteiger partial charge in [-0.05, 0) is 25.0 Å². The van der Waals surface area contributed by atoms with Crippen molar-refractivity contribution in [3.8, 4) is 0 Å². The zero-order valence-electron chi connectivity index (χ0n) is 16.1. The molecule has 2 aromatic carbocycles. The van der Waals surface area contributed by atoms with Crippen LogP contribution in [0, 0.1) is 5.92 Å². The summed E-state index contributed by atoms with van der Waals surface area (Å²) in [5.41, 5.74) is 2.30. The van der Waals surface area contributed by atoms with Crippen LogP contribution in [-0.4, -0.2) is 47.6 Å². The first-order valence-electron chi connectivity index (χ1n) is 9.54. The molecule has 1 aliphatic rings. The maximum Gasteiger partial charge on any atom is 0.471 e. The Balaban J connectivity index is 1.76. The van der Waals surface area contributed by atoms with E-state index in [1.165, 1.54) is 0 Å². The molecule has 0 spiro atoms. The van der Waals surface area contributed by atoms with E-state index < -0.39 is 12.1 Å². The summed E-state index contributed by atoms with van der Waals surface area (Å²) in [7, 11) is 0. The zero-order chi connectivity index (χ0) is 20.3. The lowest BCUT2D eigenvalue weighted by Gasteiger charge is -2.52. The van der Waals surface area contributed by atoms with Crippen molar-refractivity contribution < 1.29 is 18.0 Å². The van der Waals surface area contributed by atoms with Gasteiger partial charge in [-0.15, -0.1) is 0 Å². The average Bonchev–Trinajstić information content (AvgIpc) is 2.70. The summed E-state index contributed by atoms with van der Waals surface area (Å²) >= 11 is 0. The lowest BCUT2D eigenvalue weighted by atomic mass is 9.83. The van der Waals surface area contributed by atoms with E-state index in [0.29, 0.717) is 6.54 Å². The third-order valence-electron chi connectivity index (χ3n) is 5.58. The molecule has 0 radical (unpaired) electrons. The number of hydrogen-bond donors (Lipinski definition) is 0. The number of halogens is 3. The van der Waals surface area contributed by atoms with Crippen LogP contribution in [-0.2, 0) is 4.79 Å². The SMILES string of the molecule is CCN(CC1CN(C(c2ccccc2)c2ccccc2)C1C)C(=O)C(F)(F)F. The molecule has 0 aromatic heterocycles. The van der Waals surface area contributed by atoms with Crippen LogP contribution in [0.4, 0.5) is 13.2 Å². The van der Waals surface area contributed by atoms with Crippen LogP contribution in [0.1, 0.15) is 31.0 Å². The van der Waals surface area contributed by atoms with E-state index in [0.717, 1.165) is 16.0 Å². The largest absolute Gasteiger partial charge is 0.471 e. The first-order chi connectivity index (χ1) is 13.3. The minimum Gasteiger partial charge on any atom is -0.335 e. The van der Waals surface area contributed by atoms with Gasteiger partial charge in [0.1, 0.15) is 0 Å². The Kier molecular flexibility index (Phi) is 6.08. The second kappa shape index (κ2) is 8.35. The number of nitrogens with zero attached hydrogens (tertiary/aromatic N) is 2. The summed E-state index contributed by atoms with van der Waals surface area (Å²) in [6.45, 7) is 4.45. The van der Waals surface area contributed by atoms with E-state index in [1.54, 1.807) is 6.92 Å². The van der Waals surface area contributed by atoms with Crippen LogP contribution in [0.3, 0.4) is 0 Å². The third kappa shape index (κ3) is 4.22. The number of amides is 1. The molecular formula is C22H25F3N2O. The summed E-state index contributed by atoms with van der Waals surface area (Å²) in [5, 5.41) is 0. The van der Waals surface area contributed by atoms with Crippen molar-refractivity contribution in [2.24, 2.45) is 5.92 Å². The monoisotopic (exact) mass is 390 g/mol. The highest BCUT2D eigenvalue weighted by Gasteiger charge is 2.46. The van der Waals surface area contributed by atoms with Crippen molar-refractivity contribution in [2.45, 2.75) is 32.1 Å². The van der Waals surface area contributed by atoms with E-state index in [9.17, 15) is 18.0 Å². The molecule has 0 N–H and O–H groups in total. The minimum absolute atomic E-state index is 0.0150. The number of benzene rings is 2. The summed E-state index contributed by atoms with van der Waals surface area (Å²) < 4.78 is 38.4. The first kappa shape index (κ1) is 20.4. The van der Waals surface area contributed by atoms with Crippen molar-refractivity contribution in [1.29, 1.82) is 0 Å². The lowest BCUT2D eigenvalue weighted by molar-refractivity contribution is -0.187. The first-order valence-corrected chi connectivity index (χ1v) is 9.54. The van der Waals surface area contributed by atoms with Crippen molar-refractivity contribution in [2.75, 3.05) is 19.6 Å². The van der Waals surface area contributed by atoms with Gasteiger partial charge < -0.3 is 4.90 Å². The standard InChI is InChI=1S/C22H25F3N2O/c1-3-26(21(28)22(23,24)25)14-19-15-27(16(19)2)20(17-10-6-4-7-11-17)18-12-8-5-9-13-18/h4-13,16,19-20H,3,14-15H2,1-2H3. The number of rotatable bonds is 6. The van der Waals surface area contributed by atoms with E-state index in [1.807, 2.05) is 43.3 Å². The second-order valence-electron chi connectivity index (χ2n) is 7.26. The molecule has 1 saturated heterocycles. The van der Waals surface area contributed by atoms with Crippen molar-refractivity contribution in [3.05, 3.63) is 71.8 Å². The number of hydrogen-bond acceptors (Lipinski definition) is 2. The summed E-state index contributed by atoms with van der Waals surface area (Å²) in [5.74, 6) is -1.73. The van der Waals surface area contributed by atoms with Gasteiger partial charge in [0.25, 0.3) is 0 Å². The van der Waals surface area contributed by atoms with Crippen molar-refractivity contribution in [3.63, 3.8) is 0 Å². The Morgan fingerprint density at radius 3 is 1.96 bits per heavy atom. The summed E-state index contributed by atoms with van der Waals surface area (Å²) in [6.07, 6.45) is -4.82. The molecule has 150 valence electrons. The molecule has 1 aliphatic heterocycles. The van der Waals surface area contributed by atoms with E-state index >= 15 is 0 Å². The van der Waals surface area contributed by atoms with E-state index in [4.69, 9.17) is 0 Å². The van der Waals surface area contributed by atoms with Crippen LogP contribution in [0.5, 0.6) is 0 Å². The zero-order valence-corrected chi connectivity index (χ0v) is 16.1. The van der Waals surface area contributed by atoms with Crippen LogP contribution >= 0.6 is 0 Å². The fourth-order valence-corrected chi connectivity index (χ4v) is 3.94. The maximum atomic E-state index is 12.8. The van der Waals surface area contributed by atoms with Gasteiger partial charge in [0, 0.05) is 31.6 Å². The molecule has 3 rings (SSSR count). The number of alkyl halides is 3. The Morgan fingerprint density at radius 1 is 1.07 bits per heavy atom. The Labute approximate surface area is 163 Å². The minimum atomic E-state index is -4.82. The predicted molar refractivity (Wildman–Crippen MR) is 103 cm³/mol. The van der Waals surface area contributed by atoms with Gasteiger partial charge in [0.05, 0.1) is 6.04 Å². The molecule has 0 saturated carbocycles. The molecule has 2 atom stereocenters. The maximum absolute atomic E-state index is 12.8. The third-order valence-corrected chi connectivity index (χ3v) is 5.58. The Bertz CT molecular complexity index is 740. The predicted octanol–water partition coefficient (Wildman–Crippen LogP) is 4.51. The van der Waals surface area contributed by atoms with Gasteiger partial charge in [0.2, 0.25) is 0 Å². The second-order valence-corrected chi connectivity index (χ2v) is 7.26. The lowest BCUT2D eigenvalue weighted by Crippen LogP contribution is -2.60. The van der Waals surface area contributed by atoms with Crippen LogP contribution in [0.25, 0.3) is 0 Å². The molecule has 0 bridgehead atoms. The Hall–Kier alpha value is -2.34. The molecular weight excluding hydrogens is 365 g/mol. The Morgan fingerprint density at radius 2 is 1.57 bits per heavy atom. The topological polar surface area (TPSA) is 23.6 Å². The fourth-order valence-electron chi connectivity index (χ4n) is 3.94. The van der Waals surface area contributed by atoms with E-state index in [-0.39, 0.29) is 31.1 Å². The fraction of sp³-hybridized carbons (Fsp3) is 0.409. The van der Waals surface area contributed by atoms with Gasteiger partial charge in [-0.1, -0.05) is 60.7 Å². The molecule has 2 unspecified atom stereocenters. The molecule has 6 heteroatoms. The molecule has 1 fully saturated rings. The molecule has 1 heterocycles. The highest BCUT2D eigenvalue weighted by atomic mass is 19.4. The van der Waals surface area contributed by atoms with Crippen LogP contribution in [0.15, 0.2) is 60.7 Å². The molecule has 2 aromatic rings. The highest BCUT2D eigenvalue weighted by Crippen LogP contribution is 2.39. The van der Waals surface area contributed by atoms with Gasteiger partial charge in [-0.3, -0.25) is 9.69 Å². The number of likely N-dealkylation sites (tertiary alicyclic amines) is 1. The summed E-state index contributed by atoms with van der Waals surface area (Å²) in [4.78, 5) is 14.8. The summed E-state index contributed by atoms with van der Waals surface area (Å²) in [6, 6.07) is 20.3. The number of carbonyl (C=O) groups is 1. The molecule has 0 aliphatic carbocycles. The van der Waals surface area contributed by atoms with Gasteiger partial charge in [-0.2, -0.15) is 13.2 Å². The van der Waals surface area contributed by atoms with Gasteiger partial charge >= 0.3 is 12.1 Å². The quantitative estimate of drug-likeness (QED) is 0.725. The number of carbonyl (C=O) groups excluding carboxylic acids is 1. The van der Waals surface area contributed by atoms with Crippen LogP contribution in [0.2, 0.25) is 0 Å². The molecule has 1 amide bonds. The van der Waals surface area contributed by atoms with Gasteiger partial charge in [0.15, 0.2) is 0 Å². The molecule has 3 nitrogen and oxygen atoms in total. The van der Waals surface area contributed by atoms with Crippen molar-refractivity contribution in [1.82, 2.24) is 9.80 Å². The van der Waals surface area contributed by atoms with Crippen LogP contribution < -0.4 is 0 Å². The van der Waals surface area contributed by atoms with E-state index in [2.05, 4.69) is 29.2 Å². The van der Waals surface area contributed by atoms with Crippen molar-refractivity contribution >= 4 is 5.91 Å². The highest BCUT2D eigenvalue weighted by molar-refractivity contribution is 5.81. The average molecular weight is 390 g/mol. The molecule has 28 heavy (non-hydrogen) atoms. The smallest absolute Gasteiger partial charge is 0.335 e.